The van der Waals surface area contributed by atoms with Crippen LogP contribution in [-0.4, -0.2) is 9.97 Å². The van der Waals surface area contributed by atoms with Crippen LogP contribution >= 0.6 is 11.6 Å². The van der Waals surface area contributed by atoms with E-state index in [9.17, 15) is 4.39 Å². The molecule has 0 radical (unpaired) electrons. The zero-order chi connectivity index (χ0) is 12.6. The van der Waals surface area contributed by atoms with Crippen LogP contribution in [0.15, 0.2) is 18.2 Å². The summed E-state index contributed by atoms with van der Waals surface area (Å²) in [4.78, 5) is 8.42. The molecule has 4 heteroatoms. The van der Waals surface area contributed by atoms with Crippen LogP contribution in [0.2, 0.25) is 5.15 Å². The van der Waals surface area contributed by atoms with E-state index < -0.39 is 0 Å². The fourth-order valence-corrected chi connectivity index (χ4v) is 1.93. The van der Waals surface area contributed by atoms with Crippen LogP contribution in [-0.2, 0) is 0 Å². The molecule has 2 aromatic rings. The normalized spacial score (nSPS) is 10.6. The molecule has 2 rings (SSSR count). The number of halogens is 2. The lowest BCUT2D eigenvalue weighted by Crippen LogP contribution is -1.98. The van der Waals surface area contributed by atoms with E-state index in [1.807, 2.05) is 13.0 Å². The van der Waals surface area contributed by atoms with Crippen LogP contribution in [0.3, 0.4) is 0 Å². The van der Waals surface area contributed by atoms with Gasteiger partial charge in [0.15, 0.2) is 0 Å². The van der Waals surface area contributed by atoms with Gasteiger partial charge in [-0.05, 0) is 32.4 Å². The predicted molar refractivity (Wildman–Crippen MR) is 66.6 cm³/mol. The number of aryl methyl sites for hydroxylation is 1. The van der Waals surface area contributed by atoms with Crippen molar-refractivity contribution in [1.29, 1.82) is 0 Å². The van der Waals surface area contributed by atoms with Gasteiger partial charge in [-0.2, -0.15) is 0 Å². The van der Waals surface area contributed by atoms with E-state index >= 15 is 0 Å². The Morgan fingerprint density at radius 3 is 2.47 bits per heavy atom. The van der Waals surface area contributed by atoms with E-state index in [2.05, 4.69) is 9.97 Å². The number of aromatic nitrogens is 2. The molecule has 0 aliphatic heterocycles. The number of hydrogen-bond acceptors (Lipinski definition) is 2. The standard InChI is InChI=1S/C13H12ClFN2/c1-7-10(5-4-6-11(7)15)12-8(2)13(14)17-9(3)16-12/h4-6H,1-3H3. The molecule has 0 N–H and O–H groups in total. The van der Waals surface area contributed by atoms with Gasteiger partial charge in [-0.3, -0.25) is 0 Å². The molecule has 0 aliphatic carbocycles. The Hall–Kier alpha value is -1.48. The first-order valence-corrected chi connectivity index (χ1v) is 5.64. The minimum Gasteiger partial charge on any atom is -0.233 e. The summed E-state index contributed by atoms with van der Waals surface area (Å²) in [7, 11) is 0. The van der Waals surface area contributed by atoms with Crippen molar-refractivity contribution in [2.75, 3.05) is 0 Å². The topological polar surface area (TPSA) is 25.8 Å². The van der Waals surface area contributed by atoms with Crippen molar-refractivity contribution in [3.63, 3.8) is 0 Å². The summed E-state index contributed by atoms with van der Waals surface area (Å²) in [5.74, 6) is 0.341. The zero-order valence-electron chi connectivity index (χ0n) is 9.88. The Kier molecular flexibility index (Phi) is 3.11. The molecule has 0 saturated carbocycles. The second kappa shape index (κ2) is 4.41. The molecule has 0 spiro atoms. The molecule has 0 amide bonds. The van der Waals surface area contributed by atoms with Crippen molar-refractivity contribution in [2.45, 2.75) is 20.8 Å². The van der Waals surface area contributed by atoms with Crippen molar-refractivity contribution in [2.24, 2.45) is 0 Å². The summed E-state index contributed by atoms with van der Waals surface area (Å²) in [5, 5.41) is 0.413. The van der Waals surface area contributed by atoms with Crippen LogP contribution < -0.4 is 0 Å². The SMILES string of the molecule is Cc1nc(Cl)c(C)c(-c2cccc(F)c2C)n1. The monoisotopic (exact) mass is 250 g/mol. The van der Waals surface area contributed by atoms with Crippen molar-refractivity contribution >= 4 is 11.6 Å². The molecule has 17 heavy (non-hydrogen) atoms. The third-order valence-corrected chi connectivity index (χ3v) is 3.09. The first-order valence-electron chi connectivity index (χ1n) is 5.27. The van der Waals surface area contributed by atoms with Gasteiger partial charge >= 0.3 is 0 Å². The molecular formula is C13H12ClFN2. The summed E-state index contributed by atoms with van der Waals surface area (Å²) < 4.78 is 13.5. The number of hydrogen-bond donors (Lipinski definition) is 0. The van der Waals surface area contributed by atoms with E-state index in [4.69, 9.17) is 11.6 Å². The molecule has 0 bridgehead atoms. The molecule has 1 heterocycles. The summed E-state index contributed by atoms with van der Waals surface area (Å²) in [6.45, 7) is 5.33. The van der Waals surface area contributed by atoms with Crippen molar-refractivity contribution in [3.8, 4) is 11.3 Å². The van der Waals surface area contributed by atoms with E-state index in [1.165, 1.54) is 6.07 Å². The molecule has 2 nitrogen and oxygen atoms in total. The molecule has 0 fully saturated rings. The van der Waals surface area contributed by atoms with E-state index in [1.54, 1.807) is 19.9 Å². The Morgan fingerprint density at radius 1 is 1.06 bits per heavy atom. The van der Waals surface area contributed by atoms with Crippen molar-refractivity contribution in [3.05, 3.63) is 46.1 Å². The van der Waals surface area contributed by atoms with Crippen LogP contribution in [0.25, 0.3) is 11.3 Å². The lowest BCUT2D eigenvalue weighted by atomic mass is 10.0. The van der Waals surface area contributed by atoms with Crippen LogP contribution in [0.1, 0.15) is 17.0 Å². The minimum atomic E-state index is -0.241. The van der Waals surface area contributed by atoms with Crippen molar-refractivity contribution < 1.29 is 4.39 Å². The van der Waals surface area contributed by atoms with Gasteiger partial charge < -0.3 is 0 Å². The molecule has 1 aromatic carbocycles. The highest BCUT2D eigenvalue weighted by Gasteiger charge is 2.13. The minimum absolute atomic E-state index is 0.241. The number of rotatable bonds is 1. The number of benzene rings is 1. The molecule has 0 aliphatic rings. The summed E-state index contributed by atoms with van der Waals surface area (Å²) in [6.07, 6.45) is 0. The third-order valence-electron chi connectivity index (χ3n) is 2.72. The van der Waals surface area contributed by atoms with Crippen LogP contribution in [0.4, 0.5) is 4.39 Å². The van der Waals surface area contributed by atoms with Gasteiger partial charge in [-0.1, -0.05) is 23.7 Å². The second-order valence-corrected chi connectivity index (χ2v) is 4.31. The predicted octanol–water partition coefficient (Wildman–Crippen LogP) is 3.86. The smallest absolute Gasteiger partial charge is 0.136 e. The highest BCUT2D eigenvalue weighted by Crippen LogP contribution is 2.29. The number of nitrogens with zero attached hydrogens (tertiary/aromatic N) is 2. The highest BCUT2D eigenvalue weighted by molar-refractivity contribution is 6.30. The largest absolute Gasteiger partial charge is 0.233 e. The first kappa shape index (κ1) is 12.0. The Morgan fingerprint density at radius 2 is 1.76 bits per heavy atom. The quantitative estimate of drug-likeness (QED) is 0.718. The molecular weight excluding hydrogens is 239 g/mol. The molecule has 0 saturated heterocycles. The first-order chi connectivity index (χ1) is 8.00. The van der Waals surface area contributed by atoms with Gasteiger partial charge in [0.1, 0.15) is 16.8 Å². The van der Waals surface area contributed by atoms with Gasteiger partial charge in [0.25, 0.3) is 0 Å². The van der Waals surface area contributed by atoms with E-state index in [0.29, 0.717) is 22.2 Å². The van der Waals surface area contributed by atoms with Crippen molar-refractivity contribution in [1.82, 2.24) is 9.97 Å². The summed E-state index contributed by atoms with van der Waals surface area (Å²) in [5.41, 5.74) is 2.80. The van der Waals surface area contributed by atoms with E-state index in [0.717, 1.165) is 11.1 Å². The van der Waals surface area contributed by atoms with Crippen LogP contribution in [0.5, 0.6) is 0 Å². The maximum absolute atomic E-state index is 13.5. The molecule has 88 valence electrons. The Labute approximate surface area is 104 Å². The third kappa shape index (κ3) is 2.15. The molecule has 1 aromatic heterocycles. The average Bonchev–Trinajstić information content (AvgIpc) is 2.27. The van der Waals surface area contributed by atoms with Gasteiger partial charge in [0.05, 0.1) is 5.69 Å². The maximum atomic E-state index is 13.5. The fourth-order valence-electron chi connectivity index (χ4n) is 1.72. The maximum Gasteiger partial charge on any atom is 0.136 e. The zero-order valence-corrected chi connectivity index (χ0v) is 10.6. The van der Waals surface area contributed by atoms with Gasteiger partial charge in [0, 0.05) is 11.1 Å². The second-order valence-electron chi connectivity index (χ2n) is 3.95. The molecule has 0 unspecified atom stereocenters. The van der Waals surface area contributed by atoms with Gasteiger partial charge in [0.2, 0.25) is 0 Å². The Balaban J connectivity index is 2.73. The fraction of sp³-hybridized carbons (Fsp3) is 0.231. The lowest BCUT2D eigenvalue weighted by Gasteiger charge is -2.10. The van der Waals surface area contributed by atoms with Crippen LogP contribution in [0, 0.1) is 26.6 Å². The lowest BCUT2D eigenvalue weighted by molar-refractivity contribution is 0.619. The van der Waals surface area contributed by atoms with Gasteiger partial charge in [-0.15, -0.1) is 0 Å². The van der Waals surface area contributed by atoms with Gasteiger partial charge in [-0.25, -0.2) is 14.4 Å². The summed E-state index contributed by atoms with van der Waals surface area (Å²) >= 11 is 6.02. The highest BCUT2D eigenvalue weighted by atomic mass is 35.5. The average molecular weight is 251 g/mol. The summed E-state index contributed by atoms with van der Waals surface area (Å²) in [6, 6.07) is 4.94. The molecule has 0 atom stereocenters. The van der Waals surface area contributed by atoms with E-state index in [-0.39, 0.29) is 5.82 Å². The Bertz CT molecular complexity index is 582.